The first kappa shape index (κ1) is 25.3. The van der Waals surface area contributed by atoms with Gasteiger partial charge in [0.2, 0.25) is 5.89 Å². The molecule has 11 heteroatoms. The number of hydrogen-bond donors (Lipinski definition) is 0. The molecule has 0 amide bonds. The lowest BCUT2D eigenvalue weighted by Gasteiger charge is -2.11. The van der Waals surface area contributed by atoms with Crippen molar-refractivity contribution in [1.29, 1.82) is 0 Å². The Balaban J connectivity index is 1.44. The van der Waals surface area contributed by atoms with E-state index in [0.717, 1.165) is 10.9 Å². The van der Waals surface area contributed by atoms with Crippen LogP contribution in [-0.2, 0) is 11.3 Å². The molecule has 0 fully saturated rings. The van der Waals surface area contributed by atoms with E-state index in [-0.39, 0.29) is 35.2 Å². The number of aromatic nitrogens is 3. The van der Waals surface area contributed by atoms with Crippen LogP contribution < -0.4 is 9.47 Å². The van der Waals surface area contributed by atoms with Crippen molar-refractivity contribution in [1.82, 2.24) is 15.2 Å². The third-order valence-electron chi connectivity index (χ3n) is 6.14. The molecule has 39 heavy (non-hydrogen) atoms. The second-order valence-electron chi connectivity index (χ2n) is 8.43. The van der Waals surface area contributed by atoms with Gasteiger partial charge in [0.05, 0.1) is 41.5 Å². The van der Waals surface area contributed by atoms with Gasteiger partial charge in [0.15, 0.2) is 18.1 Å². The van der Waals surface area contributed by atoms with Crippen LogP contribution in [0.15, 0.2) is 71.1 Å². The van der Waals surface area contributed by atoms with Crippen LogP contribution in [0.4, 0.5) is 5.69 Å². The minimum absolute atomic E-state index is 0.0648. The summed E-state index contributed by atoms with van der Waals surface area (Å²) in [5.74, 6) is 0.704. The molecule has 0 atom stereocenters. The van der Waals surface area contributed by atoms with Crippen LogP contribution in [0.25, 0.3) is 33.6 Å². The number of carbonyl (C=O) groups excluding carboxylic acids is 1. The van der Waals surface area contributed by atoms with Crippen molar-refractivity contribution in [3.63, 3.8) is 0 Å². The molecule has 2 aromatic heterocycles. The van der Waals surface area contributed by atoms with Crippen molar-refractivity contribution in [3.8, 4) is 34.2 Å². The minimum atomic E-state index is -0.735. The highest BCUT2D eigenvalue weighted by Gasteiger charge is 2.21. The SMILES string of the molecule is COc1ccc(-c2cc(-c3nnc(COC(=O)c4cccc([N+](=O)[O-])c4C)o3)c3ccccc3n2)cc1OC. The van der Waals surface area contributed by atoms with Crippen molar-refractivity contribution < 1.29 is 28.3 Å². The first-order chi connectivity index (χ1) is 18.9. The lowest BCUT2D eigenvalue weighted by atomic mass is 10.0. The maximum absolute atomic E-state index is 12.6. The molecular weight excluding hydrogens is 504 g/mol. The molecule has 11 nitrogen and oxygen atoms in total. The lowest BCUT2D eigenvalue weighted by Crippen LogP contribution is -2.08. The fraction of sp³-hybridized carbons (Fsp3) is 0.143. The zero-order chi connectivity index (χ0) is 27.5. The van der Waals surface area contributed by atoms with Crippen LogP contribution in [-0.4, -0.2) is 40.3 Å². The number of hydrogen-bond acceptors (Lipinski definition) is 10. The third-order valence-corrected chi connectivity index (χ3v) is 6.14. The molecular formula is C28H22N4O7. The quantitative estimate of drug-likeness (QED) is 0.144. The van der Waals surface area contributed by atoms with Gasteiger partial charge in [0.1, 0.15) is 0 Å². The van der Waals surface area contributed by atoms with E-state index in [2.05, 4.69) is 10.2 Å². The summed E-state index contributed by atoms with van der Waals surface area (Å²) in [4.78, 5) is 28.0. The second kappa shape index (κ2) is 10.6. The summed E-state index contributed by atoms with van der Waals surface area (Å²) in [5.41, 5.74) is 2.93. The standard InChI is InChI=1S/C28H22N4O7/c1-16-18(8-6-10-23(16)32(34)35)28(33)38-15-26-30-31-27(39-26)20-14-22(29-21-9-5-4-7-19(20)21)17-11-12-24(36-2)25(13-17)37-3/h4-14H,15H2,1-3H3. The van der Waals surface area contributed by atoms with Gasteiger partial charge in [-0.2, -0.15) is 0 Å². The summed E-state index contributed by atoms with van der Waals surface area (Å²) in [6, 6.07) is 19.1. The fourth-order valence-electron chi connectivity index (χ4n) is 4.16. The fourth-order valence-corrected chi connectivity index (χ4v) is 4.16. The maximum atomic E-state index is 12.6. The number of rotatable bonds is 8. The van der Waals surface area contributed by atoms with Gasteiger partial charge in [-0.25, -0.2) is 9.78 Å². The summed E-state index contributed by atoms with van der Waals surface area (Å²) in [7, 11) is 3.13. The zero-order valence-electron chi connectivity index (χ0n) is 21.2. The number of carbonyl (C=O) groups is 1. The highest BCUT2D eigenvalue weighted by atomic mass is 16.6. The highest BCUT2D eigenvalue weighted by Crippen LogP contribution is 2.35. The highest BCUT2D eigenvalue weighted by molar-refractivity contribution is 5.95. The van der Waals surface area contributed by atoms with Crippen molar-refractivity contribution in [2.75, 3.05) is 14.2 Å². The summed E-state index contributed by atoms with van der Waals surface area (Å²) in [5, 5.41) is 20.2. The number of nitro groups is 1. The van der Waals surface area contributed by atoms with Gasteiger partial charge in [0.25, 0.3) is 11.6 Å². The van der Waals surface area contributed by atoms with Crippen LogP contribution in [0.1, 0.15) is 21.8 Å². The van der Waals surface area contributed by atoms with E-state index in [1.165, 1.54) is 25.1 Å². The van der Waals surface area contributed by atoms with E-state index >= 15 is 0 Å². The van der Waals surface area contributed by atoms with Crippen molar-refractivity contribution >= 4 is 22.6 Å². The molecule has 0 aliphatic carbocycles. The first-order valence-corrected chi connectivity index (χ1v) is 11.8. The van der Waals surface area contributed by atoms with Gasteiger partial charge in [-0.05, 0) is 43.3 Å². The molecule has 0 radical (unpaired) electrons. The molecule has 0 saturated heterocycles. The Hall–Kier alpha value is -5.32. The van der Waals surface area contributed by atoms with Gasteiger partial charge in [0, 0.05) is 22.6 Å². The van der Waals surface area contributed by atoms with E-state index in [1.807, 2.05) is 42.5 Å². The van der Waals surface area contributed by atoms with Crippen LogP contribution >= 0.6 is 0 Å². The van der Waals surface area contributed by atoms with E-state index in [4.69, 9.17) is 23.6 Å². The van der Waals surface area contributed by atoms with Gasteiger partial charge >= 0.3 is 5.97 Å². The molecule has 0 spiro atoms. The molecule has 2 heterocycles. The van der Waals surface area contributed by atoms with Gasteiger partial charge in [-0.15, -0.1) is 10.2 Å². The minimum Gasteiger partial charge on any atom is -0.493 e. The number of pyridine rings is 1. The predicted molar refractivity (Wildman–Crippen MR) is 141 cm³/mol. The molecule has 0 N–H and O–H groups in total. The monoisotopic (exact) mass is 526 g/mol. The number of nitro benzene ring substituents is 1. The third kappa shape index (κ3) is 4.97. The molecule has 0 saturated carbocycles. The average Bonchev–Trinajstić information content (AvgIpc) is 3.43. The number of nitrogens with zero attached hydrogens (tertiary/aromatic N) is 4. The molecule has 0 aliphatic rings. The smallest absolute Gasteiger partial charge is 0.339 e. The number of benzene rings is 3. The van der Waals surface area contributed by atoms with E-state index < -0.39 is 10.9 Å². The summed E-state index contributed by atoms with van der Waals surface area (Å²) in [6.45, 7) is 1.18. The van der Waals surface area contributed by atoms with Crippen LogP contribution in [0.3, 0.4) is 0 Å². The molecule has 0 bridgehead atoms. The zero-order valence-corrected chi connectivity index (χ0v) is 21.2. The van der Waals surface area contributed by atoms with E-state index in [9.17, 15) is 14.9 Å². The van der Waals surface area contributed by atoms with E-state index in [0.29, 0.717) is 28.3 Å². The van der Waals surface area contributed by atoms with Crippen LogP contribution in [0.2, 0.25) is 0 Å². The maximum Gasteiger partial charge on any atom is 0.339 e. The summed E-state index contributed by atoms with van der Waals surface area (Å²) >= 11 is 0. The Morgan fingerprint density at radius 2 is 1.77 bits per heavy atom. The van der Waals surface area contributed by atoms with Crippen molar-refractivity contribution in [2.24, 2.45) is 0 Å². The number of para-hydroxylation sites is 1. The molecule has 0 aliphatic heterocycles. The van der Waals surface area contributed by atoms with Gasteiger partial charge in [-0.1, -0.05) is 24.3 Å². The normalized spacial score (nSPS) is 10.8. The number of fused-ring (bicyclic) bond motifs is 1. The molecule has 5 rings (SSSR count). The first-order valence-electron chi connectivity index (χ1n) is 11.8. The topological polar surface area (TPSA) is 140 Å². The lowest BCUT2D eigenvalue weighted by molar-refractivity contribution is -0.385. The second-order valence-corrected chi connectivity index (χ2v) is 8.43. The molecule has 196 valence electrons. The Labute approximate surface area is 222 Å². The Morgan fingerprint density at radius 1 is 0.974 bits per heavy atom. The Morgan fingerprint density at radius 3 is 2.54 bits per heavy atom. The van der Waals surface area contributed by atoms with Crippen molar-refractivity contribution in [2.45, 2.75) is 13.5 Å². The summed E-state index contributed by atoms with van der Waals surface area (Å²) < 4.78 is 21.9. The van der Waals surface area contributed by atoms with Crippen molar-refractivity contribution in [3.05, 3.63) is 93.9 Å². The van der Waals surface area contributed by atoms with Crippen LogP contribution in [0, 0.1) is 17.0 Å². The molecule has 3 aromatic carbocycles. The summed E-state index contributed by atoms with van der Waals surface area (Å²) in [6.07, 6.45) is 0. The largest absolute Gasteiger partial charge is 0.493 e. The van der Waals surface area contributed by atoms with Gasteiger partial charge in [-0.3, -0.25) is 10.1 Å². The van der Waals surface area contributed by atoms with Gasteiger partial charge < -0.3 is 18.6 Å². The van der Waals surface area contributed by atoms with E-state index in [1.54, 1.807) is 20.3 Å². The van der Waals surface area contributed by atoms with Crippen LogP contribution in [0.5, 0.6) is 11.5 Å². The number of esters is 1. The average molecular weight is 527 g/mol. The Bertz CT molecular complexity index is 1710. The molecule has 5 aromatic rings. The number of methoxy groups -OCH3 is 2. The predicted octanol–water partition coefficient (Wildman–Crippen LogP) is 5.54. The Kier molecular flexibility index (Phi) is 6.87. The number of ether oxygens (including phenoxy) is 3. The molecule has 0 unspecified atom stereocenters.